The van der Waals surface area contributed by atoms with Crippen molar-refractivity contribution < 1.29 is 14.3 Å². The van der Waals surface area contributed by atoms with Crippen LogP contribution in [0, 0.1) is 5.92 Å². The fraction of sp³-hybridized carbons (Fsp3) is 0.517. The van der Waals surface area contributed by atoms with Crippen molar-refractivity contribution in [3.63, 3.8) is 0 Å². The molecule has 0 spiro atoms. The van der Waals surface area contributed by atoms with E-state index in [4.69, 9.17) is 4.74 Å². The fourth-order valence-corrected chi connectivity index (χ4v) is 4.26. The summed E-state index contributed by atoms with van der Waals surface area (Å²) < 4.78 is 5.37. The Hall–Kier alpha value is -2.86. The van der Waals surface area contributed by atoms with Gasteiger partial charge in [-0.3, -0.25) is 9.59 Å². The highest BCUT2D eigenvalue weighted by atomic mass is 16.5. The average molecular weight is 480 g/mol. The van der Waals surface area contributed by atoms with Gasteiger partial charge in [-0.25, -0.2) is 0 Å². The van der Waals surface area contributed by atoms with Gasteiger partial charge in [0.2, 0.25) is 0 Å². The Morgan fingerprint density at radius 2 is 1.71 bits per heavy atom. The van der Waals surface area contributed by atoms with Gasteiger partial charge in [-0.2, -0.15) is 0 Å². The number of carbonyl (C=O) groups is 2. The number of hydrogen-bond acceptors (Lipinski definition) is 4. The van der Waals surface area contributed by atoms with Gasteiger partial charge >= 0.3 is 0 Å². The lowest BCUT2D eigenvalue weighted by Crippen LogP contribution is -2.35. The molecule has 6 heteroatoms. The largest absolute Gasteiger partial charge is 0.382 e. The number of anilines is 2. The van der Waals surface area contributed by atoms with Crippen LogP contribution in [0.2, 0.25) is 0 Å². The van der Waals surface area contributed by atoms with Gasteiger partial charge in [0.25, 0.3) is 11.8 Å². The summed E-state index contributed by atoms with van der Waals surface area (Å²) in [7, 11) is 0. The first-order valence-electron chi connectivity index (χ1n) is 12.9. The van der Waals surface area contributed by atoms with Gasteiger partial charge in [-0.1, -0.05) is 39.8 Å². The molecule has 2 N–H and O–H groups in total. The Balaban J connectivity index is 1.77. The molecule has 1 aliphatic rings. The molecule has 1 heterocycles. The summed E-state index contributed by atoms with van der Waals surface area (Å²) >= 11 is 0. The third-order valence-electron chi connectivity index (χ3n) is 6.59. The number of carbonyl (C=O) groups excluding carboxylic acids is 2. The van der Waals surface area contributed by atoms with Gasteiger partial charge in [-0.15, -0.1) is 0 Å². The Bertz CT molecular complexity index is 987. The monoisotopic (exact) mass is 479 g/mol. The highest BCUT2D eigenvalue weighted by Gasteiger charge is 2.22. The predicted molar refractivity (Wildman–Crippen MR) is 144 cm³/mol. The molecule has 6 nitrogen and oxygen atoms in total. The van der Waals surface area contributed by atoms with E-state index in [1.165, 1.54) is 5.56 Å². The molecule has 1 fully saturated rings. The van der Waals surface area contributed by atoms with Crippen LogP contribution >= 0.6 is 0 Å². The van der Waals surface area contributed by atoms with Gasteiger partial charge in [0.1, 0.15) is 0 Å². The molecule has 2 amide bonds. The number of nitrogens with one attached hydrogen (secondary N) is 2. The van der Waals surface area contributed by atoms with Gasteiger partial charge in [0.05, 0.1) is 5.56 Å². The first-order valence-corrected chi connectivity index (χ1v) is 12.9. The second-order valence-electron chi connectivity index (χ2n) is 10.5. The van der Waals surface area contributed by atoms with Crippen LogP contribution in [0.3, 0.4) is 0 Å². The van der Waals surface area contributed by atoms with Gasteiger partial charge in [-0.05, 0) is 73.4 Å². The van der Waals surface area contributed by atoms with Crippen LogP contribution in [-0.2, 0) is 10.2 Å². The van der Waals surface area contributed by atoms with E-state index in [-0.39, 0.29) is 17.2 Å². The van der Waals surface area contributed by atoms with E-state index in [9.17, 15) is 9.59 Å². The summed E-state index contributed by atoms with van der Waals surface area (Å²) in [6.07, 6.45) is 2.98. The number of piperidine rings is 1. The summed E-state index contributed by atoms with van der Waals surface area (Å²) in [5.74, 6) is 0.388. The number of rotatable bonds is 9. The predicted octanol–water partition coefficient (Wildman–Crippen LogP) is 5.63. The first kappa shape index (κ1) is 26.7. The minimum Gasteiger partial charge on any atom is -0.382 e. The molecule has 0 bridgehead atoms. The standard InChI is InChI=1S/C29H41N3O3/c1-6-35-19-7-16-30-28(34)25-20-24(12-13-26(25)32-17-14-21(2)15-18-32)31-27(33)22-8-10-23(11-9-22)29(3,4)5/h8-13,20-21H,6-7,14-19H2,1-5H3,(H,30,34)(H,31,33). The van der Waals surface area contributed by atoms with E-state index in [1.807, 2.05) is 43.3 Å². The second kappa shape index (κ2) is 12.2. The normalized spacial score (nSPS) is 14.6. The molecule has 0 unspecified atom stereocenters. The maximum Gasteiger partial charge on any atom is 0.255 e. The zero-order valence-electron chi connectivity index (χ0n) is 21.9. The molecule has 1 saturated heterocycles. The molecule has 190 valence electrons. The quantitative estimate of drug-likeness (QED) is 0.457. The van der Waals surface area contributed by atoms with Crippen molar-refractivity contribution in [3.8, 4) is 0 Å². The number of amides is 2. The molecular formula is C29H41N3O3. The molecule has 0 aromatic heterocycles. The lowest BCUT2D eigenvalue weighted by molar-refractivity contribution is 0.0943. The Labute approximate surface area is 210 Å². The Morgan fingerprint density at radius 1 is 1.03 bits per heavy atom. The van der Waals surface area contributed by atoms with Crippen LogP contribution in [0.15, 0.2) is 42.5 Å². The minimum absolute atomic E-state index is 0.0298. The van der Waals surface area contributed by atoms with Crippen molar-refractivity contribution in [2.75, 3.05) is 43.1 Å². The molecule has 35 heavy (non-hydrogen) atoms. The molecule has 1 aliphatic heterocycles. The van der Waals surface area contributed by atoms with Crippen LogP contribution in [0.5, 0.6) is 0 Å². The van der Waals surface area contributed by atoms with Crippen LogP contribution in [0.4, 0.5) is 11.4 Å². The fourth-order valence-electron chi connectivity index (χ4n) is 4.26. The third-order valence-corrected chi connectivity index (χ3v) is 6.59. The highest BCUT2D eigenvalue weighted by Crippen LogP contribution is 2.29. The highest BCUT2D eigenvalue weighted by molar-refractivity contribution is 6.06. The lowest BCUT2D eigenvalue weighted by Gasteiger charge is -2.33. The number of benzene rings is 2. The molecule has 0 radical (unpaired) electrons. The molecule has 2 aromatic rings. The summed E-state index contributed by atoms with van der Waals surface area (Å²) in [5.41, 5.74) is 3.93. The van der Waals surface area contributed by atoms with Crippen LogP contribution in [-0.4, -0.2) is 44.7 Å². The van der Waals surface area contributed by atoms with Crippen molar-refractivity contribution in [3.05, 3.63) is 59.2 Å². The Morgan fingerprint density at radius 3 is 2.34 bits per heavy atom. The maximum absolute atomic E-state index is 13.2. The zero-order chi connectivity index (χ0) is 25.4. The zero-order valence-corrected chi connectivity index (χ0v) is 21.9. The first-order chi connectivity index (χ1) is 16.7. The minimum atomic E-state index is -0.187. The molecule has 2 aromatic carbocycles. The smallest absolute Gasteiger partial charge is 0.255 e. The van der Waals surface area contributed by atoms with Crippen LogP contribution in [0.1, 0.15) is 80.2 Å². The van der Waals surface area contributed by atoms with Gasteiger partial charge in [0, 0.05) is 49.8 Å². The molecule has 0 aliphatic carbocycles. The van der Waals surface area contributed by atoms with Crippen molar-refractivity contribution >= 4 is 23.2 Å². The van der Waals surface area contributed by atoms with E-state index in [1.54, 1.807) is 6.07 Å². The van der Waals surface area contributed by atoms with E-state index in [0.29, 0.717) is 42.5 Å². The van der Waals surface area contributed by atoms with Crippen molar-refractivity contribution in [2.24, 2.45) is 5.92 Å². The van der Waals surface area contributed by atoms with E-state index >= 15 is 0 Å². The SMILES string of the molecule is CCOCCCNC(=O)c1cc(NC(=O)c2ccc(C(C)(C)C)cc2)ccc1N1CCC(C)CC1. The van der Waals surface area contributed by atoms with Gasteiger partial charge < -0.3 is 20.3 Å². The molecule has 0 atom stereocenters. The van der Waals surface area contributed by atoms with Crippen molar-refractivity contribution in [2.45, 2.75) is 59.3 Å². The molecule has 3 rings (SSSR count). The molecule has 0 saturated carbocycles. The van der Waals surface area contributed by atoms with Crippen LogP contribution < -0.4 is 15.5 Å². The van der Waals surface area contributed by atoms with Crippen molar-refractivity contribution in [1.82, 2.24) is 5.32 Å². The molecular weight excluding hydrogens is 438 g/mol. The summed E-state index contributed by atoms with van der Waals surface area (Å²) in [4.78, 5) is 28.4. The summed E-state index contributed by atoms with van der Waals surface area (Å²) in [5, 5.41) is 6.00. The maximum atomic E-state index is 13.2. The van der Waals surface area contributed by atoms with Gasteiger partial charge in [0.15, 0.2) is 0 Å². The number of hydrogen-bond donors (Lipinski definition) is 2. The average Bonchev–Trinajstić information content (AvgIpc) is 2.84. The lowest BCUT2D eigenvalue weighted by atomic mass is 9.87. The second-order valence-corrected chi connectivity index (χ2v) is 10.5. The van der Waals surface area contributed by atoms with E-state index in [2.05, 4.69) is 43.2 Å². The third kappa shape index (κ3) is 7.56. The van der Waals surface area contributed by atoms with Crippen molar-refractivity contribution in [1.29, 1.82) is 0 Å². The van der Waals surface area contributed by atoms with Crippen LogP contribution in [0.25, 0.3) is 0 Å². The topological polar surface area (TPSA) is 70.7 Å². The number of nitrogens with zero attached hydrogens (tertiary/aromatic N) is 1. The Kier molecular flexibility index (Phi) is 9.33. The van der Waals surface area contributed by atoms with E-state index < -0.39 is 0 Å². The number of ether oxygens (including phenoxy) is 1. The summed E-state index contributed by atoms with van der Waals surface area (Å²) in [6.45, 7) is 14.4. The summed E-state index contributed by atoms with van der Waals surface area (Å²) in [6, 6.07) is 13.3. The van der Waals surface area contributed by atoms with E-state index in [0.717, 1.165) is 38.0 Å².